The number of anilines is 3. The smallest absolute Gasteiger partial charge is 0.325 e. The summed E-state index contributed by atoms with van der Waals surface area (Å²) < 4.78 is 5.25. The molecule has 12 heteroatoms. The number of phenolic OH excluding ortho intramolecular Hbond substituents is 1. The van der Waals surface area contributed by atoms with E-state index in [1.54, 1.807) is 42.5 Å². The molecule has 0 bridgehead atoms. The molecule has 1 heterocycles. The number of methoxy groups -OCH3 is 1. The minimum atomic E-state index is -0.594. The fourth-order valence-corrected chi connectivity index (χ4v) is 4.30. The Morgan fingerprint density at radius 3 is 2.57 bits per heavy atom. The van der Waals surface area contributed by atoms with Crippen molar-refractivity contribution in [1.29, 1.82) is 0 Å². The molecule has 4 N–H and O–H groups in total. The summed E-state index contributed by atoms with van der Waals surface area (Å²) in [6.45, 7) is 0. The molecule has 3 amide bonds. The van der Waals surface area contributed by atoms with Crippen LogP contribution in [-0.2, 0) is 0 Å². The molecule has 0 atom stereocenters. The van der Waals surface area contributed by atoms with E-state index >= 15 is 0 Å². The van der Waals surface area contributed by atoms with Crippen molar-refractivity contribution in [3.63, 3.8) is 0 Å². The van der Waals surface area contributed by atoms with Crippen LogP contribution < -0.4 is 20.7 Å². The van der Waals surface area contributed by atoms with Gasteiger partial charge >= 0.3 is 6.03 Å². The highest BCUT2D eigenvalue weighted by Crippen LogP contribution is 2.39. The summed E-state index contributed by atoms with van der Waals surface area (Å²) in [5.74, 6) is -0.0296. The Hall–Kier alpha value is -3.86. The van der Waals surface area contributed by atoms with Gasteiger partial charge in [-0.1, -0.05) is 52.7 Å². The number of ether oxygens (including phenoxy) is 1. The molecule has 0 aliphatic rings. The molecule has 0 saturated carbocycles. The van der Waals surface area contributed by atoms with Crippen LogP contribution in [0, 0.1) is 0 Å². The maximum absolute atomic E-state index is 12.7. The zero-order valence-electron chi connectivity index (χ0n) is 18.0. The lowest BCUT2D eigenvalue weighted by molar-refractivity contribution is 0.102. The maximum Gasteiger partial charge on any atom is 0.325 e. The van der Waals surface area contributed by atoms with Crippen LogP contribution in [0.4, 0.5) is 21.3 Å². The minimum Gasteiger partial charge on any atom is -0.506 e. The molecule has 9 nitrogen and oxygen atoms in total. The number of rotatable bonds is 6. The third-order valence-electron chi connectivity index (χ3n) is 4.64. The monoisotopic (exact) mass is 529 g/mol. The van der Waals surface area contributed by atoms with Crippen LogP contribution >= 0.6 is 34.5 Å². The van der Waals surface area contributed by atoms with E-state index in [9.17, 15) is 14.7 Å². The number of benzene rings is 3. The van der Waals surface area contributed by atoms with Crippen molar-refractivity contribution in [2.24, 2.45) is 0 Å². The number of amides is 3. The van der Waals surface area contributed by atoms with E-state index in [2.05, 4.69) is 26.1 Å². The summed E-state index contributed by atoms with van der Waals surface area (Å²) in [4.78, 5) is 25.1. The lowest BCUT2D eigenvalue weighted by Gasteiger charge is -2.11. The molecule has 0 aliphatic heterocycles. The number of urea groups is 1. The lowest BCUT2D eigenvalue weighted by Crippen LogP contribution is -2.20. The fourth-order valence-electron chi connectivity index (χ4n) is 3.05. The molecule has 35 heavy (non-hydrogen) atoms. The van der Waals surface area contributed by atoms with E-state index in [0.29, 0.717) is 38.3 Å². The Labute approximate surface area is 213 Å². The van der Waals surface area contributed by atoms with Crippen LogP contribution in [0.1, 0.15) is 10.4 Å². The second-order valence-electron chi connectivity index (χ2n) is 7.01. The summed E-state index contributed by atoms with van der Waals surface area (Å²) >= 11 is 13.0. The summed E-state index contributed by atoms with van der Waals surface area (Å²) in [7, 11) is 1.52. The Balaban J connectivity index is 1.42. The SMILES string of the molecule is COc1ccccc1NC(=O)c1cccc(NC(=O)Nc2nnc(-c3cc(Cl)cc(Cl)c3O)s2)c1. The molecular formula is C23H17Cl2N5O4S. The zero-order valence-corrected chi connectivity index (χ0v) is 20.3. The van der Waals surface area contributed by atoms with Crippen molar-refractivity contribution in [2.45, 2.75) is 0 Å². The number of hydrogen-bond donors (Lipinski definition) is 4. The Morgan fingerprint density at radius 2 is 1.77 bits per heavy atom. The van der Waals surface area contributed by atoms with Crippen molar-refractivity contribution in [3.8, 4) is 22.1 Å². The first-order valence-electron chi connectivity index (χ1n) is 9.98. The van der Waals surface area contributed by atoms with Crippen LogP contribution in [0.25, 0.3) is 10.6 Å². The molecule has 1 aromatic heterocycles. The van der Waals surface area contributed by atoms with E-state index in [1.165, 1.54) is 25.3 Å². The number of phenols is 1. The van der Waals surface area contributed by atoms with E-state index in [4.69, 9.17) is 27.9 Å². The number of para-hydroxylation sites is 2. The van der Waals surface area contributed by atoms with E-state index in [1.807, 2.05) is 0 Å². The van der Waals surface area contributed by atoms with Gasteiger partial charge in [-0.05, 0) is 42.5 Å². The predicted octanol–water partition coefficient (Wildman–Crippen LogP) is 6.12. The Bertz CT molecular complexity index is 1410. The molecule has 4 rings (SSSR count). The van der Waals surface area contributed by atoms with Crippen LogP contribution in [0.5, 0.6) is 11.5 Å². The van der Waals surface area contributed by atoms with Gasteiger partial charge in [0, 0.05) is 16.3 Å². The molecule has 0 radical (unpaired) electrons. The number of aromatic nitrogens is 2. The topological polar surface area (TPSA) is 125 Å². The zero-order chi connectivity index (χ0) is 24.9. The van der Waals surface area contributed by atoms with Crippen molar-refractivity contribution in [1.82, 2.24) is 10.2 Å². The fraction of sp³-hybridized carbons (Fsp3) is 0.0435. The number of hydrogen-bond acceptors (Lipinski definition) is 7. The molecule has 178 valence electrons. The molecule has 0 saturated heterocycles. The molecule has 0 spiro atoms. The molecule has 3 aromatic carbocycles. The molecular weight excluding hydrogens is 513 g/mol. The van der Waals surface area contributed by atoms with Gasteiger partial charge in [0.2, 0.25) is 5.13 Å². The lowest BCUT2D eigenvalue weighted by atomic mass is 10.2. The largest absolute Gasteiger partial charge is 0.506 e. The van der Waals surface area contributed by atoms with E-state index < -0.39 is 6.03 Å². The van der Waals surface area contributed by atoms with Crippen LogP contribution in [0.3, 0.4) is 0 Å². The van der Waals surface area contributed by atoms with Gasteiger partial charge in [-0.3, -0.25) is 10.1 Å². The van der Waals surface area contributed by atoms with Gasteiger partial charge in [0.05, 0.1) is 23.4 Å². The van der Waals surface area contributed by atoms with Crippen molar-refractivity contribution in [2.75, 3.05) is 23.1 Å². The molecule has 4 aromatic rings. The molecule has 0 unspecified atom stereocenters. The Morgan fingerprint density at radius 1 is 0.971 bits per heavy atom. The van der Waals surface area contributed by atoms with Gasteiger partial charge in [-0.15, -0.1) is 10.2 Å². The van der Waals surface area contributed by atoms with Gasteiger partial charge in [0.15, 0.2) is 5.01 Å². The van der Waals surface area contributed by atoms with Gasteiger partial charge in [0.1, 0.15) is 11.5 Å². The standard InChI is InChI=1S/C23H17Cl2N5O4S/c1-34-18-8-3-2-7-17(18)27-20(32)12-5-4-6-14(9-12)26-22(33)28-23-30-29-21(35-23)15-10-13(24)11-16(25)19(15)31/h2-11,31H,1H3,(H,27,32)(H2,26,28,30,33). The first-order chi connectivity index (χ1) is 16.8. The highest BCUT2D eigenvalue weighted by molar-refractivity contribution is 7.18. The first kappa shape index (κ1) is 24.3. The van der Waals surface area contributed by atoms with Crippen molar-refractivity contribution >= 4 is 63.0 Å². The van der Waals surface area contributed by atoms with Crippen molar-refractivity contribution in [3.05, 3.63) is 76.3 Å². The van der Waals surface area contributed by atoms with Gasteiger partial charge in [0.25, 0.3) is 5.91 Å². The number of nitrogens with zero attached hydrogens (tertiary/aromatic N) is 2. The molecule has 0 aliphatic carbocycles. The summed E-state index contributed by atoms with van der Waals surface area (Å²) in [6.07, 6.45) is 0. The number of nitrogens with one attached hydrogen (secondary N) is 3. The quantitative estimate of drug-likeness (QED) is 0.238. The number of aromatic hydroxyl groups is 1. The van der Waals surface area contributed by atoms with Crippen LogP contribution in [0.15, 0.2) is 60.7 Å². The third-order valence-corrected chi connectivity index (χ3v) is 6.02. The van der Waals surface area contributed by atoms with Crippen molar-refractivity contribution < 1.29 is 19.4 Å². The number of carbonyl (C=O) groups excluding carboxylic acids is 2. The number of carbonyl (C=O) groups is 2. The summed E-state index contributed by atoms with van der Waals surface area (Å²) in [5.41, 5.74) is 1.54. The summed E-state index contributed by atoms with van der Waals surface area (Å²) in [6, 6.07) is 15.8. The van der Waals surface area contributed by atoms with Crippen LogP contribution in [-0.4, -0.2) is 34.4 Å². The molecule has 0 fully saturated rings. The van der Waals surface area contributed by atoms with E-state index in [-0.39, 0.29) is 21.8 Å². The second-order valence-corrected chi connectivity index (χ2v) is 8.83. The first-order valence-corrected chi connectivity index (χ1v) is 11.6. The Kier molecular flexibility index (Phi) is 7.35. The summed E-state index contributed by atoms with van der Waals surface area (Å²) in [5, 5.41) is 26.9. The van der Waals surface area contributed by atoms with Gasteiger partial charge < -0.3 is 20.5 Å². The maximum atomic E-state index is 12.7. The number of halogens is 2. The predicted molar refractivity (Wildman–Crippen MR) is 137 cm³/mol. The van der Waals surface area contributed by atoms with Crippen LogP contribution in [0.2, 0.25) is 10.0 Å². The van der Waals surface area contributed by atoms with E-state index in [0.717, 1.165) is 11.3 Å². The highest BCUT2D eigenvalue weighted by atomic mass is 35.5. The normalized spacial score (nSPS) is 10.5. The second kappa shape index (κ2) is 10.6. The minimum absolute atomic E-state index is 0.0737. The van der Waals surface area contributed by atoms with Gasteiger partial charge in [-0.2, -0.15) is 0 Å². The average molecular weight is 530 g/mol. The third kappa shape index (κ3) is 5.80. The highest BCUT2D eigenvalue weighted by Gasteiger charge is 2.16. The average Bonchev–Trinajstić information content (AvgIpc) is 3.29. The van der Waals surface area contributed by atoms with Gasteiger partial charge in [-0.25, -0.2) is 4.79 Å².